The summed E-state index contributed by atoms with van der Waals surface area (Å²) in [6, 6.07) is 6.36. The maximum Gasteiger partial charge on any atom is 0.234 e. The molecule has 1 aliphatic rings. The van der Waals surface area contributed by atoms with E-state index in [1.165, 1.54) is 11.1 Å². The molecule has 1 fully saturated rings. The van der Waals surface area contributed by atoms with Crippen LogP contribution in [0.2, 0.25) is 0 Å². The highest BCUT2D eigenvalue weighted by Gasteiger charge is 2.19. The molecule has 3 heterocycles. The van der Waals surface area contributed by atoms with Crippen LogP contribution in [0.25, 0.3) is 16.7 Å². The van der Waals surface area contributed by atoms with E-state index in [0.717, 1.165) is 52.3 Å². The first-order valence-corrected chi connectivity index (χ1v) is 10.9. The van der Waals surface area contributed by atoms with Crippen molar-refractivity contribution in [1.82, 2.24) is 25.2 Å². The predicted molar refractivity (Wildman–Crippen MR) is 121 cm³/mol. The topological polar surface area (TPSA) is 72.3 Å². The second-order valence-corrected chi connectivity index (χ2v) is 8.40. The first kappa shape index (κ1) is 21.5. The molecule has 0 spiro atoms. The quantitative estimate of drug-likeness (QED) is 0.685. The van der Waals surface area contributed by atoms with Gasteiger partial charge in [0.1, 0.15) is 0 Å². The van der Waals surface area contributed by atoms with Crippen LogP contribution in [0.4, 0.5) is 0 Å². The lowest BCUT2D eigenvalue weighted by atomic mass is 9.99. The number of amides is 1. The van der Waals surface area contributed by atoms with E-state index in [1.807, 2.05) is 23.5 Å². The van der Waals surface area contributed by atoms with Gasteiger partial charge in [-0.15, -0.1) is 0 Å². The molecule has 3 aromatic rings. The van der Waals surface area contributed by atoms with Crippen molar-refractivity contribution in [2.45, 2.75) is 47.5 Å². The van der Waals surface area contributed by atoms with Gasteiger partial charge in [-0.2, -0.15) is 5.10 Å². The monoisotopic (exact) mass is 421 g/mol. The molecule has 0 atom stereocenters. The van der Waals surface area contributed by atoms with Crippen LogP contribution < -0.4 is 5.43 Å². The molecule has 1 N–H and O–H groups in total. The second kappa shape index (κ2) is 8.77. The van der Waals surface area contributed by atoms with Crippen LogP contribution in [0.5, 0.6) is 0 Å². The van der Waals surface area contributed by atoms with Gasteiger partial charge in [0.15, 0.2) is 5.65 Å². The molecule has 1 aliphatic heterocycles. The first-order valence-electron chi connectivity index (χ1n) is 10.9. The van der Waals surface area contributed by atoms with Crippen LogP contribution >= 0.6 is 0 Å². The van der Waals surface area contributed by atoms with Crippen LogP contribution in [0.3, 0.4) is 0 Å². The third-order valence-corrected chi connectivity index (χ3v) is 6.21. The molecular weight excluding hydrogens is 390 g/mol. The van der Waals surface area contributed by atoms with E-state index in [2.05, 4.69) is 44.4 Å². The average molecular weight is 422 g/mol. The van der Waals surface area contributed by atoms with Gasteiger partial charge in [-0.05, 0) is 75.4 Å². The molecule has 1 amide bonds. The number of fused-ring (bicyclic) bond motifs is 1. The van der Waals surface area contributed by atoms with E-state index < -0.39 is 0 Å². The lowest BCUT2D eigenvalue weighted by molar-refractivity contribution is -0.127. The second-order valence-electron chi connectivity index (χ2n) is 8.40. The summed E-state index contributed by atoms with van der Waals surface area (Å²) < 4.78 is 7.27. The fraction of sp³-hybridized carbons (Fsp3) is 0.458. The molecule has 0 radical (unpaired) electrons. The van der Waals surface area contributed by atoms with Gasteiger partial charge >= 0.3 is 0 Å². The minimum absolute atomic E-state index is 0.0309. The minimum Gasteiger partial charge on any atom is -0.379 e. The van der Waals surface area contributed by atoms with E-state index in [9.17, 15) is 4.79 Å². The maximum atomic E-state index is 12.5. The number of nitrogens with one attached hydrogen (secondary N) is 1. The molecule has 1 saturated heterocycles. The summed E-state index contributed by atoms with van der Waals surface area (Å²) in [6.07, 6.45) is 1.08. The number of aryl methyl sites for hydroxylation is 5. The number of aromatic nitrogens is 3. The summed E-state index contributed by atoms with van der Waals surface area (Å²) in [7, 11) is 0. The number of benzene rings is 1. The van der Waals surface area contributed by atoms with Gasteiger partial charge in [-0.1, -0.05) is 6.07 Å². The summed E-state index contributed by atoms with van der Waals surface area (Å²) >= 11 is 0. The Kier molecular flexibility index (Phi) is 6.07. The first-order chi connectivity index (χ1) is 14.8. The zero-order valence-corrected chi connectivity index (χ0v) is 19.1. The predicted octanol–water partition coefficient (Wildman–Crippen LogP) is 3.26. The number of ether oxygens (including phenoxy) is 1. The Morgan fingerprint density at radius 3 is 2.52 bits per heavy atom. The smallest absolute Gasteiger partial charge is 0.234 e. The Labute approximate surface area is 183 Å². The summed E-state index contributed by atoms with van der Waals surface area (Å²) in [4.78, 5) is 17.4. The van der Waals surface area contributed by atoms with Gasteiger partial charge < -0.3 is 4.74 Å². The van der Waals surface area contributed by atoms with Crippen LogP contribution in [0, 0.1) is 34.6 Å². The molecule has 7 nitrogen and oxygen atoms in total. The van der Waals surface area contributed by atoms with Gasteiger partial charge in [0.2, 0.25) is 5.91 Å². The van der Waals surface area contributed by atoms with Crippen LogP contribution in [0.15, 0.2) is 18.2 Å². The molecule has 0 saturated carbocycles. The largest absolute Gasteiger partial charge is 0.379 e. The number of nitrogens with zero attached hydrogens (tertiary/aromatic N) is 4. The van der Waals surface area contributed by atoms with E-state index in [4.69, 9.17) is 14.8 Å². The summed E-state index contributed by atoms with van der Waals surface area (Å²) in [5.41, 5.74) is 11.6. The summed E-state index contributed by atoms with van der Waals surface area (Å²) in [5, 5.41) is 7.81. The maximum absolute atomic E-state index is 12.5. The van der Waals surface area contributed by atoms with Crippen molar-refractivity contribution in [3.63, 3.8) is 0 Å². The van der Waals surface area contributed by atoms with Crippen molar-refractivity contribution >= 4 is 16.9 Å². The minimum atomic E-state index is 0.0309. The fourth-order valence-corrected chi connectivity index (χ4v) is 4.26. The number of morpholine rings is 1. The number of hydrazine groups is 1. The number of hydrogen-bond acceptors (Lipinski definition) is 5. The number of carbonyl (C=O) groups excluding carboxylic acids is 1. The molecule has 1 aromatic carbocycles. The lowest BCUT2D eigenvalue weighted by Crippen LogP contribution is -2.48. The molecule has 0 unspecified atom stereocenters. The van der Waals surface area contributed by atoms with Crippen molar-refractivity contribution in [1.29, 1.82) is 0 Å². The summed E-state index contributed by atoms with van der Waals surface area (Å²) in [6.45, 7) is 13.2. The molecule has 31 heavy (non-hydrogen) atoms. The Hall–Kier alpha value is -2.77. The van der Waals surface area contributed by atoms with Crippen molar-refractivity contribution in [3.05, 3.63) is 51.8 Å². The highest BCUT2D eigenvalue weighted by molar-refractivity contribution is 5.85. The van der Waals surface area contributed by atoms with Gasteiger partial charge in [-0.25, -0.2) is 14.7 Å². The molecule has 2 aromatic heterocycles. The SMILES string of the molecule is Cc1ccc(-n2nc(C)c3c(C)c(CCC(=O)NN4CCOCC4)c(C)nc32)cc1C. The Morgan fingerprint density at radius 1 is 1.06 bits per heavy atom. The number of rotatable bonds is 5. The van der Waals surface area contributed by atoms with E-state index in [1.54, 1.807) is 0 Å². The van der Waals surface area contributed by atoms with E-state index in [0.29, 0.717) is 26.1 Å². The number of pyridine rings is 1. The Morgan fingerprint density at radius 2 is 1.81 bits per heavy atom. The van der Waals surface area contributed by atoms with Crippen molar-refractivity contribution < 1.29 is 9.53 Å². The molecule has 7 heteroatoms. The van der Waals surface area contributed by atoms with Gasteiger partial charge in [0.05, 0.1) is 24.6 Å². The molecular formula is C24H31N5O2. The van der Waals surface area contributed by atoms with E-state index >= 15 is 0 Å². The van der Waals surface area contributed by atoms with Crippen LogP contribution in [0.1, 0.15) is 40.1 Å². The van der Waals surface area contributed by atoms with Crippen LogP contribution in [-0.2, 0) is 16.0 Å². The Bertz CT molecular complexity index is 1130. The Balaban J connectivity index is 1.60. The standard InChI is InChI=1S/C24H31N5O2/c1-15-6-7-20(14-16(15)2)29-24-23(19(5)26-29)17(3)21(18(4)25-24)8-9-22(30)27-28-10-12-31-13-11-28/h6-7,14H,8-13H2,1-5H3,(H,27,30). The van der Waals surface area contributed by atoms with Crippen molar-refractivity contribution in [2.75, 3.05) is 26.3 Å². The molecule has 164 valence electrons. The number of carbonyl (C=O) groups is 1. The molecule has 4 rings (SSSR count). The van der Waals surface area contributed by atoms with Gasteiger partial charge in [0, 0.05) is 30.6 Å². The van der Waals surface area contributed by atoms with Gasteiger partial charge in [0.25, 0.3) is 0 Å². The third-order valence-electron chi connectivity index (χ3n) is 6.21. The fourth-order valence-electron chi connectivity index (χ4n) is 4.26. The van der Waals surface area contributed by atoms with Crippen molar-refractivity contribution in [2.24, 2.45) is 0 Å². The van der Waals surface area contributed by atoms with Crippen molar-refractivity contribution in [3.8, 4) is 5.69 Å². The zero-order valence-electron chi connectivity index (χ0n) is 19.1. The molecule has 0 aliphatic carbocycles. The lowest BCUT2D eigenvalue weighted by Gasteiger charge is -2.27. The number of hydrogen-bond donors (Lipinski definition) is 1. The molecule has 0 bridgehead atoms. The van der Waals surface area contributed by atoms with Gasteiger partial charge in [-0.3, -0.25) is 10.2 Å². The highest BCUT2D eigenvalue weighted by atomic mass is 16.5. The summed E-state index contributed by atoms with van der Waals surface area (Å²) in [5.74, 6) is 0.0309. The van der Waals surface area contributed by atoms with Crippen LogP contribution in [-0.4, -0.2) is 52.0 Å². The zero-order chi connectivity index (χ0) is 22.1. The normalized spacial score (nSPS) is 14.9. The van der Waals surface area contributed by atoms with E-state index in [-0.39, 0.29) is 5.91 Å². The highest BCUT2D eigenvalue weighted by Crippen LogP contribution is 2.28. The average Bonchev–Trinajstić information content (AvgIpc) is 3.06. The third kappa shape index (κ3) is 4.34.